The molecule has 12 heteroatoms. The number of anilines is 1. The summed E-state index contributed by atoms with van der Waals surface area (Å²) < 4.78 is 43.1. The topological polar surface area (TPSA) is 89.3 Å². The lowest BCUT2D eigenvalue weighted by Crippen LogP contribution is -2.26. The monoisotopic (exact) mass is 427 g/mol. The number of nitrogens with one attached hydrogen (secondary N) is 1. The normalized spacial score (nSPS) is 12.6. The number of rotatable bonds is 6. The summed E-state index contributed by atoms with van der Waals surface area (Å²) in [6.07, 6.45) is -4.64. The fraction of sp³-hybridized carbons (Fsp3) is 0.333. The molecule has 0 saturated heterocycles. The van der Waals surface area contributed by atoms with Crippen LogP contribution in [0.2, 0.25) is 10.0 Å². The van der Waals surface area contributed by atoms with Crippen molar-refractivity contribution < 1.29 is 32.3 Å². The molecular formula is C15H14Cl2F3N3O4. The van der Waals surface area contributed by atoms with Gasteiger partial charge >= 0.3 is 18.1 Å². The van der Waals surface area contributed by atoms with Crippen molar-refractivity contribution in [3.63, 3.8) is 0 Å². The number of carbonyl (C=O) groups is 2. The van der Waals surface area contributed by atoms with Crippen molar-refractivity contribution in [1.82, 2.24) is 0 Å². The lowest BCUT2D eigenvalue weighted by atomic mass is 10.2. The standard InChI is InChI=1S/C15H14Cl2F3N3O4/c1-4-26-14(25)12(7(2)23-27-8(3)24)21-22-13-10(16)5-9(6-11(13)17)15(18,19)20/h5-6,22H,4H2,1-3H3. The lowest BCUT2D eigenvalue weighted by Gasteiger charge is -2.12. The van der Waals surface area contributed by atoms with Crippen molar-refractivity contribution in [2.75, 3.05) is 12.0 Å². The third-order valence-corrected chi connectivity index (χ3v) is 3.37. The number of hydrazone groups is 1. The molecule has 0 bridgehead atoms. The maximum absolute atomic E-state index is 12.8. The van der Waals surface area contributed by atoms with Gasteiger partial charge in [0.25, 0.3) is 0 Å². The van der Waals surface area contributed by atoms with E-state index in [1.807, 2.05) is 0 Å². The van der Waals surface area contributed by atoms with Crippen molar-refractivity contribution in [2.45, 2.75) is 26.9 Å². The zero-order chi connectivity index (χ0) is 20.8. The molecule has 148 valence electrons. The number of benzene rings is 1. The molecular weight excluding hydrogens is 414 g/mol. The van der Waals surface area contributed by atoms with Gasteiger partial charge in [0.1, 0.15) is 5.71 Å². The fourth-order valence-corrected chi connectivity index (χ4v) is 2.18. The van der Waals surface area contributed by atoms with E-state index in [0.717, 1.165) is 6.92 Å². The Morgan fingerprint density at radius 1 is 1.19 bits per heavy atom. The van der Waals surface area contributed by atoms with Gasteiger partial charge in [0.05, 0.1) is 27.9 Å². The van der Waals surface area contributed by atoms with Gasteiger partial charge in [0.2, 0.25) is 0 Å². The first-order valence-electron chi connectivity index (χ1n) is 7.27. The molecule has 7 nitrogen and oxygen atoms in total. The lowest BCUT2D eigenvalue weighted by molar-refractivity contribution is -0.141. The van der Waals surface area contributed by atoms with Crippen LogP contribution in [-0.2, 0) is 25.3 Å². The molecule has 0 unspecified atom stereocenters. The molecule has 0 aliphatic rings. The Kier molecular flexibility index (Phi) is 8.04. The van der Waals surface area contributed by atoms with E-state index >= 15 is 0 Å². The van der Waals surface area contributed by atoms with Gasteiger partial charge in [-0.25, -0.2) is 9.59 Å². The van der Waals surface area contributed by atoms with E-state index in [4.69, 9.17) is 27.9 Å². The molecule has 0 fully saturated rings. The van der Waals surface area contributed by atoms with E-state index in [-0.39, 0.29) is 28.1 Å². The van der Waals surface area contributed by atoms with Gasteiger partial charge < -0.3 is 9.57 Å². The Bertz CT molecular complexity index is 772. The average Bonchev–Trinajstić information content (AvgIpc) is 2.54. The van der Waals surface area contributed by atoms with Gasteiger partial charge in [0.15, 0.2) is 5.71 Å². The van der Waals surface area contributed by atoms with Gasteiger partial charge in [-0.3, -0.25) is 5.43 Å². The van der Waals surface area contributed by atoms with Crippen molar-refractivity contribution in [1.29, 1.82) is 0 Å². The van der Waals surface area contributed by atoms with Crippen molar-refractivity contribution in [3.8, 4) is 0 Å². The Morgan fingerprint density at radius 2 is 1.74 bits per heavy atom. The van der Waals surface area contributed by atoms with E-state index in [0.29, 0.717) is 12.1 Å². The van der Waals surface area contributed by atoms with E-state index in [2.05, 4.69) is 20.5 Å². The van der Waals surface area contributed by atoms with E-state index < -0.39 is 29.4 Å². The highest BCUT2D eigenvalue weighted by molar-refractivity contribution is 6.65. The number of oxime groups is 1. The van der Waals surface area contributed by atoms with Crippen LogP contribution in [-0.4, -0.2) is 30.0 Å². The van der Waals surface area contributed by atoms with E-state index in [1.165, 1.54) is 6.92 Å². The predicted octanol–water partition coefficient (Wildman–Crippen LogP) is 4.28. The highest BCUT2D eigenvalue weighted by atomic mass is 35.5. The Morgan fingerprint density at radius 3 is 2.19 bits per heavy atom. The Hall–Kier alpha value is -2.33. The number of carbonyl (C=O) groups excluding carboxylic acids is 2. The molecule has 1 rings (SSSR count). The number of ether oxygens (including phenoxy) is 1. The molecule has 1 aromatic rings. The van der Waals surface area contributed by atoms with Gasteiger partial charge in [-0.05, 0) is 26.0 Å². The number of alkyl halides is 3. The summed E-state index contributed by atoms with van der Waals surface area (Å²) in [5, 5.41) is 6.38. The number of hydrogen-bond acceptors (Lipinski definition) is 7. The SMILES string of the molecule is CCOC(=O)C(=NNc1c(Cl)cc(C(F)(F)F)cc1Cl)C(C)=NOC(C)=O. The molecule has 0 aliphatic heterocycles. The largest absolute Gasteiger partial charge is 0.461 e. The average molecular weight is 428 g/mol. The molecule has 0 amide bonds. The summed E-state index contributed by atoms with van der Waals surface area (Å²) in [7, 11) is 0. The molecule has 0 spiro atoms. The van der Waals surface area contributed by atoms with Crippen LogP contribution in [0.15, 0.2) is 22.4 Å². The number of hydrogen-bond donors (Lipinski definition) is 1. The maximum Gasteiger partial charge on any atom is 0.416 e. The van der Waals surface area contributed by atoms with Crippen LogP contribution in [0.25, 0.3) is 0 Å². The van der Waals surface area contributed by atoms with Crippen LogP contribution < -0.4 is 5.43 Å². The first kappa shape index (κ1) is 22.7. The third kappa shape index (κ3) is 6.72. The number of halogens is 5. The zero-order valence-electron chi connectivity index (χ0n) is 14.3. The molecule has 1 aromatic carbocycles. The summed E-state index contributed by atoms with van der Waals surface area (Å²) >= 11 is 11.6. The molecule has 0 heterocycles. The molecule has 27 heavy (non-hydrogen) atoms. The molecule has 0 aliphatic carbocycles. The van der Waals surface area contributed by atoms with Crippen LogP contribution >= 0.6 is 23.2 Å². The van der Waals surface area contributed by atoms with Gasteiger partial charge in [-0.2, -0.15) is 18.3 Å². The third-order valence-electron chi connectivity index (χ3n) is 2.77. The maximum atomic E-state index is 12.8. The van der Waals surface area contributed by atoms with Crippen LogP contribution in [0.5, 0.6) is 0 Å². The smallest absolute Gasteiger partial charge is 0.416 e. The number of esters is 1. The minimum atomic E-state index is -4.64. The second-order valence-electron chi connectivity index (χ2n) is 4.86. The van der Waals surface area contributed by atoms with Crippen molar-refractivity contribution in [2.24, 2.45) is 10.3 Å². The summed E-state index contributed by atoms with van der Waals surface area (Å²) in [6.45, 7) is 3.96. The Balaban J connectivity index is 3.25. The highest BCUT2D eigenvalue weighted by Crippen LogP contribution is 2.38. The first-order valence-corrected chi connectivity index (χ1v) is 8.02. The second-order valence-corrected chi connectivity index (χ2v) is 5.68. The number of nitrogens with zero attached hydrogens (tertiary/aromatic N) is 2. The predicted molar refractivity (Wildman–Crippen MR) is 94.0 cm³/mol. The van der Waals surface area contributed by atoms with Gasteiger partial charge in [-0.15, -0.1) is 0 Å². The summed E-state index contributed by atoms with van der Waals surface area (Å²) in [5.41, 5.74) is 0.552. The summed E-state index contributed by atoms with van der Waals surface area (Å²) in [5.74, 6) is -1.66. The van der Waals surface area contributed by atoms with Crippen molar-refractivity contribution in [3.05, 3.63) is 27.7 Å². The van der Waals surface area contributed by atoms with Gasteiger partial charge in [0, 0.05) is 6.92 Å². The van der Waals surface area contributed by atoms with E-state index in [9.17, 15) is 22.8 Å². The van der Waals surface area contributed by atoms with Gasteiger partial charge in [-0.1, -0.05) is 28.4 Å². The highest BCUT2D eigenvalue weighted by Gasteiger charge is 2.32. The quantitative estimate of drug-likeness (QED) is 0.316. The molecule has 1 N–H and O–H groups in total. The van der Waals surface area contributed by atoms with Crippen LogP contribution in [0.3, 0.4) is 0 Å². The molecule has 0 saturated carbocycles. The van der Waals surface area contributed by atoms with Crippen LogP contribution in [0.1, 0.15) is 26.3 Å². The molecule has 0 atom stereocenters. The fourth-order valence-electron chi connectivity index (χ4n) is 1.61. The molecule has 0 aromatic heterocycles. The van der Waals surface area contributed by atoms with E-state index in [1.54, 1.807) is 6.92 Å². The zero-order valence-corrected chi connectivity index (χ0v) is 15.8. The van der Waals surface area contributed by atoms with Crippen molar-refractivity contribution >= 4 is 52.3 Å². The summed E-state index contributed by atoms with van der Waals surface area (Å²) in [6, 6.07) is 1.30. The van der Waals surface area contributed by atoms with Crippen LogP contribution in [0.4, 0.5) is 18.9 Å². The second kappa shape index (κ2) is 9.56. The first-order chi connectivity index (χ1) is 12.5. The van der Waals surface area contributed by atoms with Crippen LogP contribution in [0, 0.1) is 0 Å². The minimum Gasteiger partial charge on any atom is -0.461 e. The molecule has 0 radical (unpaired) electrons. The Labute approximate surface area is 162 Å². The summed E-state index contributed by atoms with van der Waals surface area (Å²) in [4.78, 5) is 27.2. The minimum absolute atomic E-state index is 0.0144.